The fourth-order valence-electron chi connectivity index (χ4n) is 2.31. The number of rotatable bonds is 2. The van der Waals surface area contributed by atoms with E-state index in [0.717, 1.165) is 13.1 Å². The number of halogens is 1. The van der Waals surface area contributed by atoms with Gasteiger partial charge in [0.05, 0.1) is 6.07 Å². The van der Waals surface area contributed by atoms with Crippen molar-refractivity contribution >= 4 is 17.5 Å². The van der Waals surface area contributed by atoms with Gasteiger partial charge in [0, 0.05) is 24.3 Å². The minimum Gasteiger partial charge on any atom is -0.334 e. The number of nitrogens with one attached hydrogen (secondary N) is 1. The van der Waals surface area contributed by atoms with E-state index in [1.165, 1.54) is 6.07 Å². The topological polar surface area (TPSA) is 69.0 Å². The molecule has 1 aliphatic heterocycles. The Morgan fingerprint density at radius 3 is 2.70 bits per heavy atom. The maximum atomic E-state index is 12.3. The standard InChI is InChI=1S/C14H17ClN4O/c1-10-7-11(8-12(15)17-10)13(20)18-14(9-16)3-5-19(2)6-4-14/h7-8H,3-6H2,1-2H3,(H,18,20). The SMILES string of the molecule is Cc1cc(C(=O)NC2(C#N)CCN(C)CC2)cc(Cl)n1. The highest BCUT2D eigenvalue weighted by atomic mass is 35.5. The molecule has 1 amide bonds. The van der Waals surface area contributed by atoms with E-state index >= 15 is 0 Å². The maximum Gasteiger partial charge on any atom is 0.252 e. The highest BCUT2D eigenvalue weighted by Crippen LogP contribution is 2.22. The molecule has 5 nitrogen and oxygen atoms in total. The number of amides is 1. The lowest BCUT2D eigenvalue weighted by atomic mass is 9.89. The lowest BCUT2D eigenvalue weighted by molar-refractivity contribution is 0.0881. The first-order valence-electron chi connectivity index (χ1n) is 6.51. The van der Waals surface area contributed by atoms with Gasteiger partial charge in [0.25, 0.3) is 5.91 Å². The minimum atomic E-state index is -0.784. The van der Waals surface area contributed by atoms with Crippen molar-refractivity contribution < 1.29 is 4.79 Å². The summed E-state index contributed by atoms with van der Waals surface area (Å²) in [6.45, 7) is 3.37. The molecule has 1 aromatic rings. The third kappa shape index (κ3) is 3.27. The van der Waals surface area contributed by atoms with Crippen molar-refractivity contribution in [1.29, 1.82) is 5.26 Å². The number of carbonyl (C=O) groups excluding carboxylic acids is 1. The average Bonchev–Trinajstić information content (AvgIpc) is 2.40. The molecule has 6 heteroatoms. The van der Waals surface area contributed by atoms with Gasteiger partial charge in [-0.1, -0.05) is 11.6 Å². The molecule has 1 aromatic heterocycles. The van der Waals surface area contributed by atoms with Crippen molar-refractivity contribution in [2.75, 3.05) is 20.1 Å². The quantitative estimate of drug-likeness (QED) is 0.843. The molecule has 0 radical (unpaired) electrons. The second-order valence-electron chi connectivity index (χ2n) is 5.27. The monoisotopic (exact) mass is 292 g/mol. The Kier molecular flexibility index (Phi) is 4.26. The van der Waals surface area contributed by atoms with Crippen LogP contribution in [0, 0.1) is 18.3 Å². The number of pyridine rings is 1. The Labute approximate surface area is 123 Å². The summed E-state index contributed by atoms with van der Waals surface area (Å²) in [5.74, 6) is -0.275. The number of aryl methyl sites for hydroxylation is 1. The van der Waals surface area contributed by atoms with Gasteiger partial charge in [-0.25, -0.2) is 4.98 Å². The molecule has 1 fully saturated rings. The summed E-state index contributed by atoms with van der Waals surface area (Å²) in [7, 11) is 2.01. The summed E-state index contributed by atoms with van der Waals surface area (Å²) in [6.07, 6.45) is 1.26. The fraction of sp³-hybridized carbons (Fsp3) is 0.500. The predicted octanol–water partition coefficient (Wildman–Crippen LogP) is 1.76. The van der Waals surface area contributed by atoms with Gasteiger partial charge in [0.1, 0.15) is 10.7 Å². The van der Waals surface area contributed by atoms with Crippen molar-refractivity contribution in [1.82, 2.24) is 15.2 Å². The lowest BCUT2D eigenvalue weighted by Crippen LogP contribution is -2.53. The first-order chi connectivity index (χ1) is 9.44. The van der Waals surface area contributed by atoms with E-state index < -0.39 is 5.54 Å². The minimum absolute atomic E-state index is 0.275. The van der Waals surface area contributed by atoms with Crippen LogP contribution in [0.25, 0.3) is 0 Å². The Balaban J connectivity index is 2.16. The number of nitrogens with zero attached hydrogens (tertiary/aromatic N) is 3. The summed E-state index contributed by atoms with van der Waals surface area (Å²) >= 11 is 5.86. The molecule has 20 heavy (non-hydrogen) atoms. The second kappa shape index (κ2) is 5.78. The van der Waals surface area contributed by atoms with E-state index in [9.17, 15) is 10.1 Å². The molecule has 2 rings (SSSR count). The van der Waals surface area contributed by atoms with Crippen LogP contribution in [0.3, 0.4) is 0 Å². The van der Waals surface area contributed by atoms with Gasteiger partial charge >= 0.3 is 0 Å². The van der Waals surface area contributed by atoms with Crippen molar-refractivity contribution in [2.24, 2.45) is 0 Å². The largest absolute Gasteiger partial charge is 0.334 e. The van der Waals surface area contributed by atoms with Crippen LogP contribution in [0.2, 0.25) is 5.15 Å². The molecule has 0 aliphatic carbocycles. The molecule has 0 atom stereocenters. The molecular weight excluding hydrogens is 276 g/mol. The summed E-state index contributed by atoms with van der Waals surface area (Å²) in [5.41, 5.74) is 0.334. The van der Waals surface area contributed by atoms with Gasteiger partial charge in [0.2, 0.25) is 0 Å². The Bertz CT molecular complexity index is 539. The highest BCUT2D eigenvalue weighted by molar-refractivity contribution is 6.29. The van der Waals surface area contributed by atoms with Crippen LogP contribution in [-0.4, -0.2) is 41.5 Å². The smallest absolute Gasteiger partial charge is 0.252 e. The summed E-state index contributed by atoms with van der Waals surface area (Å²) in [6, 6.07) is 5.45. The van der Waals surface area contributed by atoms with E-state index in [1.54, 1.807) is 13.0 Å². The molecule has 106 valence electrons. The molecule has 1 aliphatic rings. The zero-order valence-corrected chi connectivity index (χ0v) is 12.4. The Hall–Kier alpha value is -1.64. The summed E-state index contributed by atoms with van der Waals surface area (Å²) in [5, 5.41) is 12.6. The number of carbonyl (C=O) groups is 1. The molecular formula is C14H17ClN4O. The number of hydrogen-bond donors (Lipinski definition) is 1. The van der Waals surface area contributed by atoms with Gasteiger partial charge in [-0.05, 0) is 38.9 Å². The van der Waals surface area contributed by atoms with Crippen LogP contribution in [0.1, 0.15) is 28.9 Å². The summed E-state index contributed by atoms with van der Waals surface area (Å²) in [4.78, 5) is 18.5. The van der Waals surface area contributed by atoms with E-state index in [1.807, 2.05) is 7.05 Å². The van der Waals surface area contributed by atoms with Crippen LogP contribution >= 0.6 is 11.6 Å². The van der Waals surface area contributed by atoms with Gasteiger partial charge in [-0.2, -0.15) is 5.26 Å². The molecule has 0 bridgehead atoms. The normalized spacial score (nSPS) is 18.3. The van der Waals surface area contributed by atoms with Crippen LogP contribution < -0.4 is 5.32 Å². The Morgan fingerprint density at radius 1 is 1.50 bits per heavy atom. The molecule has 0 spiro atoms. The number of piperidine rings is 1. The zero-order chi connectivity index (χ0) is 14.8. The Morgan fingerprint density at radius 2 is 2.15 bits per heavy atom. The van der Waals surface area contributed by atoms with Gasteiger partial charge in [0.15, 0.2) is 0 Å². The first-order valence-corrected chi connectivity index (χ1v) is 6.88. The molecule has 0 aromatic carbocycles. The average molecular weight is 293 g/mol. The van der Waals surface area contributed by atoms with Gasteiger partial charge in [-0.15, -0.1) is 0 Å². The number of aromatic nitrogens is 1. The van der Waals surface area contributed by atoms with E-state index in [-0.39, 0.29) is 11.1 Å². The highest BCUT2D eigenvalue weighted by Gasteiger charge is 2.35. The van der Waals surface area contributed by atoms with Crippen molar-refractivity contribution in [2.45, 2.75) is 25.3 Å². The van der Waals surface area contributed by atoms with Crippen molar-refractivity contribution in [3.63, 3.8) is 0 Å². The predicted molar refractivity (Wildman–Crippen MR) is 76.5 cm³/mol. The van der Waals surface area contributed by atoms with Gasteiger partial charge in [-0.3, -0.25) is 4.79 Å². The van der Waals surface area contributed by atoms with Crippen molar-refractivity contribution in [3.8, 4) is 6.07 Å². The zero-order valence-electron chi connectivity index (χ0n) is 11.6. The number of nitriles is 1. The van der Waals surface area contributed by atoms with E-state index in [2.05, 4.69) is 21.3 Å². The van der Waals surface area contributed by atoms with Crippen LogP contribution in [0.15, 0.2) is 12.1 Å². The van der Waals surface area contributed by atoms with Crippen LogP contribution in [0.5, 0.6) is 0 Å². The van der Waals surface area contributed by atoms with Crippen LogP contribution in [0.4, 0.5) is 0 Å². The molecule has 0 unspecified atom stereocenters. The van der Waals surface area contributed by atoms with Crippen LogP contribution in [-0.2, 0) is 0 Å². The fourth-order valence-corrected chi connectivity index (χ4v) is 2.56. The molecule has 1 saturated heterocycles. The number of likely N-dealkylation sites (tertiary alicyclic amines) is 1. The summed E-state index contributed by atoms with van der Waals surface area (Å²) < 4.78 is 0. The third-order valence-electron chi connectivity index (χ3n) is 3.59. The first kappa shape index (κ1) is 14.8. The van der Waals surface area contributed by atoms with E-state index in [4.69, 9.17) is 11.6 Å². The van der Waals surface area contributed by atoms with Crippen molar-refractivity contribution in [3.05, 3.63) is 28.5 Å². The lowest BCUT2D eigenvalue weighted by Gasteiger charge is -2.36. The maximum absolute atomic E-state index is 12.3. The van der Waals surface area contributed by atoms with E-state index in [0.29, 0.717) is 24.1 Å². The third-order valence-corrected chi connectivity index (χ3v) is 3.79. The molecule has 2 heterocycles. The second-order valence-corrected chi connectivity index (χ2v) is 5.66. The molecule has 0 saturated carbocycles. The van der Waals surface area contributed by atoms with Gasteiger partial charge < -0.3 is 10.2 Å². The molecule has 1 N–H and O–H groups in total. The number of hydrogen-bond acceptors (Lipinski definition) is 4.